The number of carbonyl (C=O) groups is 1. The third kappa shape index (κ3) is 2.58. The van der Waals surface area contributed by atoms with Crippen LogP contribution in [0.4, 0.5) is 4.79 Å². The molecule has 1 heterocycles. The van der Waals surface area contributed by atoms with Crippen molar-refractivity contribution in [2.75, 3.05) is 20.6 Å². The van der Waals surface area contributed by atoms with E-state index >= 15 is 0 Å². The van der Waals surface area contributed by atoms with Crippen molar-refractivity contribution in [2.45, 2.75) is 19.0 Å². The van der Waals surface area contributed by atoms with Crippen LogP contribution in [0.5, 0.6) is 0 Å². The lowest BCUT2D eigenvalue weighted by Crippen LogP contribution is -2.48. The highest BCUT2D eigenvalue weighted by Crippen LogP contribution is 2.23. The fourth-order valence-electron chi connectivity index (χ4n) is 2.40. The highest BCUT2D eigenvalue weighted by atomic mass is 16.4. The highest BCUT2D eigenvalue weighted by molar-refractivity contribution is 5.66. The van der Waals surface area contributed by atoms with Crippen molar-refractivity contribution in [3.63, 3.8) is 0 Å². The molecule has 1 aliphatic heterocycles. The van der Waals surface area contributed by atoms with Crippen molar-refractivity contribution in [2.24, 2.45) is 0 Å². The van der Waals surface area contributed by atoms with Crippen LogP contribution in [0, 0.1) is 0 Å². The molecule has 0 spiro atoms. The molecular formula is C13H18N2O2. The van der Waals surface area contributed by atoms with Crippen LogP contribution in [-0.4, -0.2) is 47.7 Å². The third-order valence-corrected chi connectivity index (χ3v) is 3.18. The molecule has 0 bridgehead atoms. The van der Waals surface area contributed by atoms with Gasteiger partial charge in [-0.25, -0.2) is 4.79 Å². The van der Waals surface area contributed by atoms with Gasteiger partial charge in [-0.3, -0.25) is 4.90 Å². The molecule has 0 fully saturated rings. The summed E-state index contributed by atoms with van der Waals surface area (Å²) in [4.78, 5) is 14.8. The molecule has 4 nitrogen and oxygen atoms in total. The summed E-state index contributed by atoms with van der Waals surface area (Å²) in [5, 5.41) is 9.25. The summed E-state index contributed by atoms with van der Waals surface area (Å²) >= 11 is 0. The zero-order chi connectivity index (χ0) is 12.4. The zero-order valence-corrected chi connectivity index (χ0v) is 10.3. The summed E-state index contributed by atoms with van der Waals surface area (Å²) in [6.45, 7) is 1.27. The van der Waals surface area contributed by atoms with Gasteiger partial charge in [0.05, 0.1) is 6.04 Å². The first-order valence-electron chi connectivity index (χ1n) is 5.79. The predicted octanol–water partition coefficient (Wildman–Crippen LogP) is 1.65. The first kappa shape index (κ1) is 11.9. The van der Waals surface area contributed by atoms with E-state index in [0.717, 1.165) is 18.5 Å². The Morgan fingerprint density at radius 1 is 1.41 bits per heavy atom. The fourth-order valence-corrected chi connectivity index (χ4v) is 2.40. The highest BCUT2D eigenvalue weighted by Gasteiger charge is 2.29. The largest absolute Gasteiger partial charge is 0.465 e. The first-order chi connectivity index (χ1) is 8.08. The van der Waals surface area contributed by atoms with Gasteiger partial charge < -0.3 is 10.0 Å². The van der Waals surface area contributed by atoms with Crippen LogP contribution in [0.2, 0.25) is 0 Å². The van der Waals surface area contributed by atoms with E-state index in [4.69, 9.17) is 0 Å². The van der Waals surface area contributed by atoms with Crippen molar-refractivity contribution in [1.29, 1.82) is 0 Å². The van der Waals surface area contributed by atoms with E-state index in [-0.39, 0.29) is 6.04 Å². The Labute approximate surface area is 101 Å². The van der Waals surface area contributed by atoms with Gasteiger partial charge in [0.2, 0.25) is 0 Å². The number of hydrogen-bond donors (Lipinski definition) is 1. The second kappa shape index (κ2) is 4.75. The molecule has 2 rings (SSSR count). The van der Waals surface area contributed by atoms with Crippen molar-refractivity contribution >= 4 is 6.09 Å². The normalized spacial score (nSPS) is 19.2. The van der Waals surface area contributed by atoms with Crippen LogP contribution >= 0.6 is 0 Å². The van der Waals surface area contributed by atoms with Crippen molar-refractivity contribution in [1.82, 2.24) is 9.80 Å². The quantitative estimate of drug-likeness (QED) is 0.846. The standard InChI is InChI=1S/C13H18N2O2/c1-14(2)9-12-7-10-5-3-4-6-11(10)8-15(12)13(16)17/h3-6,12H,7-9H2,1-2H3,(H,16,17). The molecule has 4 heteroatoms. The molecule has 92 valence electrons. The van der Waals surface area contributed by atoms with Gasteiger partial charge in [0.25, 0.3) is 0 Å². The number of likely N-dealkylation sites (N-methyl/N-ethyl adjacent to an activating group) is 1. The number of rotatable bonds is 2. The molecular weight excluding hydrogens is 216 g/mol. The van der Waals surface area contributed by atoms with Gasteiger partial charge >= 0.3 is 6.09 Å². The number of benzene rings is 1. The third-order valence-electron chi connectivity index (χ3n) is 3.18. The van der Waals surface area contributed by atoms with Crippen LogP contribution in [0.25, 0.3) is 0 Å². The Kier molecular flexibility index (Phi) is 3.33. The van der Waals surface area contributed by atoms with Gasteiger partial charge in [0.15, 0.2) is 0 Å². The van der Waals surface area contributed by atoms with E-state index in [1.165, 1.54) is 5.56 Å². The fraction of sp³-hybridized carbons (Fsp3) is 0.462. The van der Waals surface area contributed by atoms with E-state index in [2.05, 4.69) is 6.07 Å². The van der Waals surface area contributed by atoms with E-state index in [0.29, 0.717) is 6.54 Å². The molecule has 1 atom stereocenters. The summed E-state index contributed by atoms with van der Waals surface area (Å²) in [5.74, 6) is 0. The van der Waals surface area contributed by atoms with Gasteiger partial charge in [-0.1, -0.05) is 24.3 Å². The Morgan fingerprint density at radius 3 is 2.65 bits per heavy atom. The van der Waals surface area contributed by atoms with Crippen LogP contribution in [0.15, 0.2) is 24.3 Å². The maximum absolute atomic E-state index is 11.3. The number of nitrogens with zero attached hydrogens (tertiary/aromatic N) is 2. The molecule has 17 heavy (non-hydrogen) atoms. The van der Waals surface area contributed by atoms with E-state index in [9.17, 15) is 9.90 Å². The van der Waals surface area contributed by atoms with Crippen LogP contribution in [0.3, 0.4) is 0 Å². The van der Waals surface area contributed by atoms with Crippen molar-refractivity contribution < 1.29 is 9.90 Å². The predicted molar refractivity (Wildman–Crippen MR) is 66.1 cm³/mol. The molecule has 1 amide bonds. The Balaban J connectivity index is 2.24. The van der Waals surface area contributed by atoms with Gasteiger partial charge in [-0.2, -0.15) is 0 Å². The molecule has 0 radical (unpaired) electrons. The second-order valence-electron chi connectivity index (χ2n) is 4.80. The van der Waals surface area contributed by atoms with E-state index in [1.807, 2.05) is 37.2 Å². The van der Waals surface area contributed by atoms with Gasteiger partial charge in [0.1, 0.15) is 0 Å². The molecule has 0 saturated carbocycles. The number of amides is 1. The molecule has 1 aliphatic rings. The first-order valence-corrected chi connectivity index (χ1v) is 5.79. The Morgan fingerprint density at radius 2 is 2.06 bits per heavy atom. The lowest BCUT2D eigenvalue weighted by Gasteiger charge is -2.36. The minimum atomic E-state index is -0.827. The van der Waals surface area contributed by atoms with Crippen LogP contribution in [0.1, 0.15) is 11.1 Å². The number of fused-ring (bicyclic) bond motifs is 1. The average molecular weight is 234 g/mol. The smallest absolute Gasteiger partial charge is 0.407 e. The number of carboxylic acid groups (broad SMARTS) is 1. The molecule has 1 aromatic carbocycles. The van der Waals surface area contributed by atoms with Gasteiger partial charge in [-0.15, -0.1) is 0 Å². The summed E-state index contributed by atoms with van der Waals surface area (Å²) in [7, 11) is 3.95. The molecule has 0 aliphatic carbocycles. The maximum Gasteiger partial charge on any atom is 0.407 e. The summed E-state index contributed by atoms with van der Waals surface area (Å²) in [6, 6.07) is 8.14. The van der Waals surface area contributed by atoms with Gasteiger partial charge in [0, 0.05) is 13.1 Å². The Hall–Kier alpha value is -1.55. The molecule has 1 unspecified atom stereocenters. The Bertz CT molecular complexity index is 418. The zero-order valence-electron chi connectivity index (χ0n) is 10.3. The molecule has 0 saturated heterocycles. The van der Waals surface area contributed by atoms with Crippen molar-refractivity contribution in [3.8, 4) is 0 Å². The summed E-state index contributed by atoms with van der Waals surface area (Å²) in [6.07, 6.45) is -0.0212. The second-order valence-corrected chi connectivity index (χ2v) is 4.80. The van der Waals surface area contributed by atoms with Crippen LogP contribution < -0.4 is 0 Å². The molecule has 0 aromatic heterocycles. The van der Waals surface area contributed by atoms with E-state index < -0.39 is 6.09 Å². The SMILES string of the molecule is CN(C)CC1Cc2ccccc2CN1C(=O)O. The lowest BCUT2D eigenvalue weighted by molar-refractivity contribution is 0.104. The minimum Gasteiger partial charge on any atom is -0.465 e. The monoisotopic (exact) mass is 234 g/mol. The lowest BCUT2D eigenvalue weighted by atomic mass is 9.94. The van der Waals surface area contributed by atoms with Gasteiger partial charge in [-0.05, 0) is 31.6 Å². The maximum atomic E-state index is 11.3. The summed E-state index contributed by atoms with van der Waals surface area (Å²) in [5.41, 5.74) is 2.40. The van der Waals surface area contributed by atoms with Crippen LogP contribution in [-0.2, 0) is 13.0 Å². The number of hydrogen-bond acceptors (Lipinski definition) is 2. The van der Waals surface area contributed by atoms with Crippen molar-refractivity contribution in [3.05, 3.63) is 35.4 Å². The summed E-state index contributed by atoms with van der Waals surface area (Å²) < 4.78 is 0. The topological polar surface area (TPSA) is 43.8 Å². The molecule has 1 N–H and O–H groups in total. The average Bonchev–Trinajstić information content (AvgIpc) is 2.27. The molecule has 1 aromatic rings. The van der Waals surface area contributed by atoms with E-state index in [1.54, 1.807) is 4.90 Å². The minimum absolute atomic E-state index is 0.0531.